The van der Waals surface area contributed by atoms with Gasteiger partial charge in [-0.1, -0.05) is 6.92 Å². The average Bonchev–Trinajstić information content (AvgIpc) is 3.52. The molecule has 8 rings (SSSR count). The SMILES string of the molecule is CCCn1nc(C(=O)N2CCCC2)c2c1CC[C@H](N1CCN(C3C4CC5CC(C4)CC3C5)CC1)C2. The average molecular weight is 480 g/mol. The van der Waals surface area contributed by atoms with E-state index < -0.39 is 0 Å². The number of hydrogen-bond acceptors (Lipinski definition) is 4. The Balaban J connectivity index is 1.04. The van der Waals surface area contributed by atoms with Gasteiger partial charge in [0.2, 0.25) is 0 Å². The lowest BCUT2D eigenvalue weighted by Gasteiger charge is -2.58. The standard InChI is InChI=1S/C29H45N5O/c1-2-7-34-26-6-5-24(19-25(26)27(30-34)29(35)33-8-3-4-9-33)31-10-12-32(13-11-31)28-22-15-20-14-21(17-22)18-23(28)16-20/h20-24,28H,2-19H2,1H3/t20?,21?,22?,23?,24-,28?/m0/s1. The van der Waals surface area contributed by atoms with E-state index in [4.69, 9.17) is 5.10 Å². The second-order valence-electron chi connectivity index (χ2n) is 12.9. The first kappa shape index (κ1) is 22.8. The molecule has 1 aromatic heterocycles. The molecule has 6 nitrogen and oxygen atoms in total. The van der Waals surface area contributed by atoms with E-state index in [-0.39, 0.29) is 5.91 Å². The molecule has 0 radical (unpaired) electrons. The lowest BCUT2D eigenvalue weighted by Crippen LogP contribution is -2.61. The van der Waals surface area contributed by atoms with Crippen LogP contribution in [0.5, 0.6) is 0 Å². The number of piperazine rings is 1. The minimum atomic E-state index is 0.195. The fourth-order valence-corrected chi connectivity index (χ4v) is 9.51. The molecule has 5 aliphatic carbocycles. The molecule has 1 amide bonds. The summed E-state index contributed by atoms with van der Waals surface area (Å²) in [4.78, 5) is 21.1. The summed E-state index contributed by atoms with van der Waals surface area (Å²) < 4.78 is 2.18. The van der Waals surface area contributed by atoms with Crippen LogP contribution >= 0.6 is 0 Å². The first-order valence-electron chi connectivity index (χ1n) is 15.0. The molecule has 7 aliphatic rings. The van der Waals surface area contributed by atoms with Crippen molar-refractivity contribution in [2.75, 3.05) is 39.3 Å². The van der Waals surface area contributed by atoms with Gasteiger partial charge in [-0.2, -0.15) is 5.10 Å². The number of amides is 1. The van der Waals surface area contributed by atoms with E-state index >= 15 is 0 Å². The minimum Gasteiger partial charge on any atom is -0.337 e. The normalized spacial score (nSPS) is 37.2. The lowest BCUT2D eigenvalue weighted by atomic mass is 9.54. The Bertz CT molecular complexity index is 913. The van der Waals surface area contributed by atoms with Crippen LogP contribution in [0.15, 0.2) is 0 Å². The maximum atomic E-state index is 13.4. The highest BCUT2D eigenvalue weighted by atomic mass is 16.2. The van der Waals surface area contributed by atoms with E-state index in [9.17, 15) is 4.79 Å². The molecule has 2 aliphatic heterocycles. The Labute approximate surface area is 211 Å². The van der Waals surface area contributed by atoms with Crippen molar-refractivity contribution in [2.24, 2.45) is 23.7 Å². The summed E-state index contributed by atoms with van der Waals surface area (Å²) in [5.74, 6) is 4.33. The molecule has 0 unspecified atom stereocenters. The summed E-state index contributed by atoms with van der Waals surface area (Å²) in [5.41, 5.74) is 3.43. The number of rotatable bonds is 5. The van der Waals surface area contributed by atoms with Crippen molar-refractivity contribution in [2.45, 2.75) is 96.2 Å². The smallest absolute Gasteiger partial charge is 0.274 e. The summed E-state index contributed by atoms with van der Waals surface area (Å²) >= 11 is 0. The van der Waals surface area contributed by atoms with Crippen molar-refractivity contribution < 1.29 is 4.79 Å². The van der Waals surface area contributed by atoms with Gasteiger partial charge in [0, 0.05) is 69.2 Å². The molecule has 35 heavy (non-hydrogen) atoms. The third-order valence-electron chi connectivity index (χ3n) is 10.8. The van der Waals surface area contributed by atoms with Gasteiger partial charge in [0.05, 0.1) is 0 Å². The molecule has 1 atom stereocenters. The number of aryl methyl sites for hydroxylation is 1. The van der Waals surface area contributed by atoms with Crippen molar-refractivity contribution >= 4 is 5.91 Å². The maximum absolute atomic E-state index is 13.4. The fourth-order valence-electron chi connectivity index (χ4n) is 9.51. The third kappa shape index (κ3) is 3.98. The van der Waals surface area contributed by atoms with Crippen LogP contribution in [0.1, 0.15) is 86.5 Å². The van der Waals surface area contributed by atoms with Crippen LogP contribution in [-0.4, -0.2) is 81.7 Å². The van der Waals surface area contributed by atoms with E-state index in [2.05, 4.69) is 21.4 Å². The largest absolute Gasteiger partial charge is 0.337 e. The summed E-state index contributed by atoms with van der Waals surface area (Å²) in [6.45, 7) is 9.89. The highest BCUT2D eigenvalue weighted by molar-refractivity contribution is 5.94. The zero-order chi connectivity index (χ0) is 23.5. The molecule has 192 valence electrons. The first-order chi connectivity index (χ1) is 17.2. The number of carbonyl (C=O) groups is 1. The number of likely N-dealkylation sites (tertiary alicyclic amines) is 1. The van der Waals surface area contributed by atoms with Gasteiger partial charge in [-0.05, 0) is 94.3 Å². The van der Waals surface area contributed by atoms with E-state index in [0.29, 0.717) is 6.04 Å². The lowest BCUT2D eigenvalue weighted by molar-refractivity contribution is -0.0794. The molecule has 1 aromatic rings. The summed E-state index contributed by atoms with van der Waals surface area (Å²) in [6.07, 6.45) is 14.3. The summed E-state index contributed by atoms with van der Waals surface area (Å²) in [6, 6.07) is 1.47. The number of aromatic nitrogens is 2. The molecular formula is C29H45N5O. The number of nitrogens with zero attached hydrogens (tertiary/aromatic N) is 5. The van der Waals surface area contributed by atoms with Crippen LogP contribution in [0.2, 0.25) is 0 Å². The molecule has 0 N–H and O–H groups in total. The van der Waals surface area contributed by atoms with Crippen LogP contribution in [-0.2, 0) is 19.4 Å². The predicted octanol–water partition coefficient (Wildman–Crippen LogP) is 3.83. The second-order valence-corrected chi connectivity index (χ2v) is 12.9. The van der Waals surface area contributed by atoms with E-state index in [0.717, 1.165) is 87.1 Å². The molecular weight excluding hydrogens is 434 g/mol. The van der Waals surface area contributed by atoms with Gasteiger partial charge >= 0.3 is 0 Å². The molecule has 0 spiro atoms. The van der Waals surface area contributed by atoms with Crippen LogP contribution in [0.3, 0.4) is 0 Å². The minimum absolute atomic E-state index is 0.195. The van der Waals surface area contributed by atoms with E-state index in [1.807, 2.05) is 4.90 Å². The fraction of sp³-hybridized carbons (Fsp3) is 0.862. The van der Waals surface area contributed by atoms with Crippen molar-refractivity contribution in [1.29, 1.82) is 0 Å². The van der Waals surface area contributed by atoms with Gasteiger partial charge < -0.3 is 4.90 Å². The quantitative estimate of drug-likeness (QED) is 0.644. The van der Waals surface area contributed by atoms with Crippen molar-refractivity contribution in [1.82, 2.24) is 24.5 Å². The zero-order valence-electron chi connectivity index (χ0n) is 21.8. The van der Waals surface area contributed by atoms with Crippen LogP contribution in [0.4, 0.5) is 0 Å². The monoisotopic (exact) mass is 479 g/mol. The third-order valence-corrected chi connectivity index (χ3v) is 10.8. The topological polar surface area (TPSA) is 44.6 Å². The number of carbonyl (C=O) groups excluding carboxylic acids is 1. The molecule has 6 fully saturated rings. The Hall–Kier alpha value is -1.40. The van der Waals surface area contributed by atoms with E-state index in [1.165, 1.54) is 69.5 Å². The van der Waals surface area contributed by atoms with Gasteiger partial charge in [0.25, 0.3) is 5.91 Å². The molecule has 2 saturated heterocycles. The van der Waals surface area contributed by atoms with E-state index in [1.54, 1.807) is 6.42 Å². The second kappa shape index (κ2) is 9.16. The molecule has 4 saturated carbocycles. The maximum Gasteiger partial charge on any atom is 0.274 e. The van der Waals surface area contributed by atoms with Crippen LogP contribution in [0.25, 0.3) is 0 Å². The van der Waals surface area contributed by atoms with Crippen molar-refractivity contribution in [3.05, 3.63) is 17.0 Å². The van der Waals surface area contributed by atoms with Gasteiger partial charge in [0.1, 0.15) is 0 Å². The highest BCUT2D eigenvalue weighted by Crippen LogP contribution is 2.55. The Morgan fingerprint density at radius 3 is 2.20 bits per heavy atom. The van der Waals surface area contributed by atoms with Crippen molar-refractivity contribution in [3.63, 3.8) is 0 Å². The molecule has 4 bridgehead atoms. The predicted molar refractivity (Wildman–Crippen MR) is 137 cm³/mol. The zero-order valence-corrected chi connectivity index (χ0v) is 21.8. The Morgan fingerprint density at radius 2 is 1.54 bits per heavy atom. The molecule has 6 heteroatoms. The van der Waals surface area contributed by atoms with Gasteiger partial charge in [-0.15, -0.1) is 0 Å². The summed E-state index contributed by atoms with van der Waals surface area (Å²) in [7, 11) is 0. The first-order valence-corrected chi connectivity index (χ1v) is 15.0. The van der Waals surface area contributed by atoms with Crippen LogP contribution < -0.4 is 0 Å². The van der Waals surface area contributed by atoms with Gasteiger partial charge in [-0.25, -0.2) is 0 Å². The number of fused-ring (bicyclic) bond motifs is 1. The van der Waals surface area contributed by atoms with Crippen molar-refractivity contribution in [3.8, 4) is 0 Å². The van der Waals surface area contributed by atoms with Gasteiger partial charge in [-0.3, -0.25) is 19.3 Å². The highest BCUT2D eigenvalue weighted by Gasteiger charge is 2.50. The summed E-state index contributed by atoms with van der Waals surface area (Å²) in [5, 5.41) is 4.92. The molecule has 3 heterocycles. The Kier molecular flexibility index (Phi) is 5.96. The van der Waals surface area contributed by atoms with Gasteiger partial charge in [0.15, 0.2) is 5.69 Å². The molecule has 0 aromatic carbocycles. The van der Waals surface area contributed by atoms with Crippen LogP contribution in [0, 0.1) is 23.7 Å². The Morgan fingerprint density at radius 1 is 0.886 bits per heavy atom. The number of hydrogen-bond donors (Lipinski definition) is 0.